The average molecular weight is 272 g/mol. The largest absolute Gasteiger partial charge is 0.496 e. The molecule has 1 rings (SSSR count). The van der Waals surface area contributed by atoms with Gasteiger partial charge in [0.25, 0.3) is 0 Å². The van der Waals surface area contributed by atoms with E-state index in [1.807, 2.05) is 13.8 Å². The SMILES string of the molecule is CNCCNS(=O)(=O)c1cc(C)c(OC)c(C)c1. The zero-order valence-electron chi connectivity index (χ0n) is 11.2. The Hall–Kier alpha value is -1.11. The van der Waals surface area contributed by atoms with Gasteiger partial charge in [0.2, 0.25) is 10.0 Å². The van der Waals surface area contributed by atoms with Crippen molar-refractivity contribution in [3.63, 3.8) is 0 Å². The molecule has 0 saturated heterocycles. The van der Waals surface area contributed by atoms with Gasteiger partial charge in [-0.25, -0.2) is 13.1 Å². The fraction of sp³-hybridized carbons (Fsp3) is 0.500. The van der Waals surface area contributed by atoms with Crippen LogP contribution in [0.25, 0.3) is 0 Å². The van der Waals surface area contributed by atoms with E-state index >= 15 is 0 Å². The van der Waals surface area contributed by atoms with Crippen LogP contribution in [0, 0.1) is 13.8 Å². The molecule has 0 radical (unpaired) electrons. The van der Waals surface area contributed by atoms with Gasteiger partial charge in [-0.1, -0.05) is 0 Å². The number of rotatable bonds is 6. The first-order chi connectivity index (χ1) is 8.42. The highest BCUT2D eigenvalue weighted by Crippen LogP contribution is 2.26. The summed E-state index contributed by atoms with van der Waals surface area (Å²) in [5.74, 6) is 0.726. The molecule has 0 fully saturated rings. The first-order valence-corrected chi connectivity index (χ1v) is 7.20. The molecule has 0 aromatic heterocycles. The lowest BCUT2D eigenvalue weighted by Gasteiger charge is -2.12. The van der Waals surface area contributed by atoms with E-state index in [1.54, 1.807) is 26.3 Å². The van der Waals surface area contributed by atoms with Crippen LogP contribution < -0.4 is 14.8 Å². The van der Waals surface area contributed by atoms with Crippen molar-refractivity contribution in [2.24, 2.45) is 0 Å². The highest BCUT2D eigenvalue weighted by molar-refractivity contribution is 7.89. The van der Waals surface area contributed by atoms with E-state index in [4.69, 9.17) is 4.74 Å². The second-order valence-electron chi connectivity index (χ2n) is 4.09. The van der Waals surface area contributed by atoms with Gasteiger partial charge < -0.3 is 10.1 Å². The first kappa shape index (κ1) is 14.9. The molecule has 0 atom stereocenters. The Morgan fingerprint density at radius 2 is 1.72 bits per heavy atom. The van der Waals surface area contributed by atoms with Gasteiger partial charge in [0, 0.05) is 13.1 Å². The second-order valence-corrected chi connectivity index (χ2v) is 5.86. The summed E-state index contributed by atoms with van der Waals surface area (Å²) in [6.45, 7) is 4.62. The van der Waals surface area contributed by atoms with Crippen LogP contribution in [0.2, 0.25) is 0 Å². The highest BCUT2D eigenvalue weighted by atomic mass is 32.2. The number of likely N-dealkylation sites (N-methyl/N-ethyl adjacent to an activating group) is 1. The van der Waals surface area contributed by atoms with Gasteiger partial charge in [-0.05, 0) is 44.2 Å². The Kier molecular flexibility index (Phi) is 5.13. The molecule has 0 aliphatic rings. The molecule has 0 unspecified atom stereocenters. The van der Waals surface area contributed by atoms with Crippen molar-refractivity contribution in [1.29, 1.82) is 0 Å². The van der Waals surface area contributed by atoms with Gasteiger partial charge in [-0.15, -0.1) is 0 Å². The Labute approximate surface area is 109 Å². The summed E-state index contributed by atoms with van der Waals surface area (Å²) in [5.41, 5.74) is 1.62. The van der Waals surface area contributed by atoms with Gasteiger partial charge in [-0.2, -0.15) is 0 Å². The minimum atomic E-state index is -3.45. The van der Waals surface area contributed by atoms with Crippen molar-refractivity contribution < 1.29 is 13.2 Å². The Morgan fingerprint density at radius 3 is 2.17 bits per heavy atom. The van der Waals surface area contributed by atoms with Gasteiger partial charge >= 0.3 is 0 Å². The summed E-state index contributed by atoms with van der Waals surface area (Å²) >= 11 is 0. The Balaban J connectivity index is 3.03. The van der Waals surface area contributed by atoms with Gasteiger partial charge in [0.1, 0.15) is 5.75 Å². The summed E-state index contributed by atoms with van der Waals surface area (Å²) in [6, 6.07) is 3.24. The molecule has 102 valence electrons. The predicted molar refractivity (Wildman–Crippen MR) is 71.6 cm³/mol. The topological polar surface area (TPSA) is 67.4 Å². The van der Waals surface area contributed by atoms with Crippen LogP contribution in [0.5, 0.6) is 5.75 Å². The van der Waals surface area contributed by atoms with Crippen LogP contribution in [0.3, 0.4) is 0 Å². The maximum Gasteiger partial charge on any atom is 0.240 e. The third-order valence-corrected chi connectivity index (χ3v) is 4.06. The minimum absolute atomic E-state index is 0.273. The third kappa shape index (κ3) is 3.44. The number of sulfonamides is 1. The number of ether oxygens (including phenoxy) is 1. The maximum absolute atomic E-state index is 12.0. The van der Waals surface area contributed by atoms with Crippen LogP contribution in [0.4, 0.5) is 0 Å². The molecule has 18 heavy (non-hydrogen) atoms. The molecular formula is C12H20N2O3S. The van der Waals surface area contributed by atoms with Crippen molar-refractivity contribution in [2.45, 2.75) is 18.7 Å². The zero-order chi connectivity index (χ0) is 13.8. The first-order valence-electron chi connectivity index (χ1n) is 5.72. The average Bonchev–Trinajstić information content (AvgIpc) is 2.28. The summed E-state index contributed by atoms with van der Waals surface area (Å²) in [5, 5.41) is 2.89. The Bertz CT molecular complexity index is 489. The molecule has 0 aliphatic carbocycles. The molecule has 0 spiro atoms. The standard InChI is InChI=1S/C12H20N2O3S/c1-9-7-11(8-10(2)12(9)17-4)18(15,16)14-6-5-13-3/h7-8,13-14H,5-6H2,1-4H3. The highest BCUT2D eigenvalue weighted by Gasteiger charge is 2.16. The van der Waals surface area contributed by atoms with E-state index in [0.29, 0.717) is 13.1 Å². The maximum atomic E-state index is 12.0. The number of hydrogen-bond acceptors (Lipinski definition) is 4. The van der Waals surface area contributed by atoms with E-state index in [9.17, 15) is 8.42 Å². The van der Waals surface area contributed by atoms with Crippen LogP contribution in [0.15, 0.2) is 17.0 Å². The second kappa shape index (κ2) is 6.17. The van der Waals surface area contributed by atoms with Gasteiger partial charge in [-0.3, -0.25) is 0 Å². The molecule has 6 heteroatoms. The molecule has 1 aromatic carbocycles. The molecule has 0 aliphatic heterocycles. The lowest BCUT2D eigenvalue weighted by Crippen LogP contribution is -2.30. The molecule has 0 saturated carbocycles. The number of hydrogen-bond donors (Lipinski definition) is 2. The molecule has 5 nitrogen and oxygen atoms in total. The zero-order valence-corrected chi connectivity index (χ0v) is 12.0. The molecule has 0 amide bonds. The molecule has 0 bridgehead atoms. The van der Waals surface area contributed by atoms with E-state index < -0.39 is 10.0 Å². The normalized spacial score (nSPS) is 11.6. The van der Waals surface area contributed by atoms with Crippen LogP contribution >= 0.6 is 0 Å². The van der Waals surface area contributed by atoms with E-state index in [-0.39, 0.29) is 4.90 Å². The van der Waals surface area contributed by atoms with Crippen molar-refractivity contribution >= 4 is 10.0 Å². The smallest absolute Gasteiger partial charge is 0.240 e. The summed E-state index contributed by atoms with van der Waals surface area (Å²) in [6.07, 6.45) is 0. The van der Waals surface area contributed by atoms with Gasteiger partial charge in [0.15, 0.2) is 0 Å². The molecule has 2 N–H and O–H groups in total. The van der Waals surface area contributed by atoms with Crippen molar-refractivity contribution in [1.82, 2.24) is 10.0 Å². The van der Waals surface area contributed by atoms with Gasteiger partial charge in [0.05, 0.1) is 12.0 Å². The summed E-state index contributed by atoms with van der Waals surface area (Å²) in [7, 11) is -0.0962. The lowest BCUT2D eigenvalue weighted by molar-refractivity contribution is 0.408. The van der Waals surface area contributed by atoms with E-state index in [1.165, 1.54) is 0 Å². The number of aryl methyl sites for hydroxylation is 2. The van der Waals surface area contributed by atoms with Crippen LogP contribution in [-0.2, 0) is 10.0 Å². The quantitative estimate of drug-likeness (QED) is 0.752. The summed E-state index contributed by atoms with van der Waals surface area (Å²) < 4.78 is 31.8. The summed E-state index contributed by atoms with van der Waals surface area (Å²) in [4.78, 5) is 0.273. The molecule has 0 heterocycles. The third-order valence-electron chi connectivity index (χ3n) is 2.62. The van der Waals surface area contributed by atoms with Crippen molar-refractivity contribution in [3.05, 3.63) is 23.3 Å². The van der Waals surface area contributed by atoms with Crippen molar-refractivity contribution in [2.75, 3.05) is 27.2 Å². The Morgan fingerprint density at radius 1 is 1.17 bits per heavy atom. The fourth-order valence-electron chi connectivity index (χ4n) is 1.78. The van der Waals surface area contributed by atoms with Crippen LogP contribution in [-0.4, -0.2) is 35.7 Å². The number of methoxy groups -OCH3 is 1. The van der Waals surface area contributed by atoms with Crippen LogP contribution in [0.1, 0.15) is 11.1 Å². The van der Waals surface area contributed by atoms with Crippen molar-refractivity contribution in [3.8, 4) is 5.75 Å². The lowest BCUT2D eigenvalue weighted by atomic mass is 10.1. The monoisotopic (exact) mass is 272 g/mol. The number of nitrogens with one attached hydrogen (secondary N) is 2. The molecular weight excluding hydrogens is 252 g/mol. The minimum Gasteiger partial charge on any atom is -0.496 e. The number of benzene rings is 1. The predicted octanol–water partition coefficient (Wildman–Crippen LogP) is 0.810. The molecule has 1 aromatic rings. The van der Waals surface area contributed by atoms with E-state index in [2.05, 4.69) is 10.0 Å². The fourth-order valence-corrected chi connectivity index (χ4v) is 2.98. The van der Waals surface area contributed by atoms with E-state index in [0.717, 1.165) is 16.9 Å².